The molecular weight excluding hydrogens is 224 g/mol. The van der Waals surface area contributed by atoms with Gasteiger partial charge < -0.3 is 10.1 Å². The van der Waals surface area contributed by atoms with E-state index < -0.39 is 0 Å². The lowest BCUT2D eigenvalue weighted by molar-refractivity contribution is 0.396. The van der Waals surface area contributed by atoms with Crippen LogP contribution in [0.2, 0.25) is 0 Å². The van der Waals surface area contributed by atoms with Crippen LogP contribution in [-0.2, 0) is 6.54 Å². The van der Waals surface area contributed by atoms with Crippen LogP contribution in [0.3, 0.4) is 0 Å². The molecule has 0 unspecified atom stereocenters. The van der Waals surface area contributed by atoms with Crippen molar-refractivity contribution in [3.63, 3.8) is 0 Å². The molecule has 16 heavy (non-hydrogen) atoms. The fraction of sp³-hybridized carbons (Fsp3) is 0.300. The minimum atomic E-state index is 0.563. The fourth-order valence-corrected chi connectivity index (χ4v) is 1.80. The molecule has 6 heteroatoms. The Kier molecular flexibility index (Phi) is 3.31. The summed E-state index contributed by atoms with van der Waals surface area (Å²) in [7, 11) is 1.59. The molecule has 0 aliphatic rings. The van der Waals surface area contributed by atoms with Gasteiger partial charge in [0.25, 0.3) is 0 Å². The van der Waals surface area contributed by atoms with Gasteiger partial charge in [-0.3, -0.25) is 0 Å². The Morgan fingerprint density at radius 3 is 3.00 bits per heavy atom. The van der Waals surface area contributed by atoms with Gasteiger partial charge in [-0.25, -0.2) is 9.97 Å². The van der Waals surface area contributed by atoms with Crippen molar-refractivity contribution in [3.05, 3.63) is 28.5 Å². The second kappa shape index (κ2) is 4.89. The van der Waals surface area contributed by atoms with Crippen molar-refractivity contribution in [2.75, 3.05) is 12.4 Å². The van der Waals surface area contributed by atoms with Gasteiger partial charge in [0.1, 0.15) is 11.6 Å². The first-order chi connectivity index (χ1) is 7.78. The van der Waals surface area contributed by atoms with E-state index in [1.165, 1.54) is 0 Å². The molecule has 0 aliphatic carbocycles. The first-order valence-corrected chi connectivity index (χ1v) is 5.73. The summed E-state index contributed by atoms with van der Waals surface area (Å²) in [6, 6.07) is 1.76. The zero-order valence-corrected chi connectivity index (χ0v) is 9.91. The molecule has 0 atom stereocenters. The summed E-state index contributed by atoms with van der Waals surface area (Å²) in [5.41, 5.74) is 2.81. The molecule has 0 amide bonds. The lowest BCUT2D eigenvalue weighted by Crippen LogP contribution is -2.04. The van der Waals surface area contributed by atoms with Crippen LogP contribution in [0.25, 0.3) is 0 Å². The SMILES string of the molecule is COc1cc(NCc2cscn2)nc(C)n1. The summed E-state index contributed by atoms with van der Waals surface area (Å²) < 4.78 is 5.07. The number of thiazole rings is 1. The topological polar surface area (TPSA) is 59.9 Å². The van der Waals surface area contributed by atoms with Gasteiger partial charge in [-0.2, -0.15) is 4.98 Å². The van der Waals surface area contributed by atoms with Gasteiger partial charge in [0.15, 0.2) is 0 Å². The molecule has 0 saturated heterocycles. The molecule has 2 aromatic heterocycles. The average Bonchev–Trinajstić information content (AvgIpc) is 2.78. The number of methoxy groups -OCH3 is 1. The molecule has 0 spiro atoms. The quantitative estimate of drug-likeness (QED) is 0.878. The standard InChI is InChI=1S/C10H12N4OS/c1-7-13-9(3-10(14-7)15-2)11-4-8-5-16-6-12-8/h3,5-6H,4H2,1-2H3,(H,11,13,14). The number of nitrogens with one attached hydrogen (secondary N) is 1. The average molecular weight is 236 g/mol. The summed E-state index contributed by atoms with van der Waals surface area (Å²) in [6.45, 7) is 2.49. The van der Waals surface area contributed by atoms with E-state index in [4.69, 9.17) is 4.74 Å². The lowest BCUT2D eigenvalue weighted by atomic mass is 10.4. The van der Waals surface area contributed by atoms with Gasteiger partial charge in [0, 0.05) is 11.4 Å². The van der Waals surface area contributed by atoms with Crippen LogP contribution in [0.4, 0.5) is 5.82 Å². The number of aromatic nitrogens is 3. The molecule has 2 heterocycles. The number of aryl methyl sites for hydroxylation is 1. The molecule has 0 aliphatic heterocycles. The molecule has 0 aromatic carbocycles. The van der Waals surface area contributed by atoms with Crippen LogP contribution >= 0.6 is 11.3 Å². The molecule has 84 valence electrons. The largest absolute Gasteiger partial charge is 0.481 e. The van der Waals surface area contributed by atoms with E-state index in [1.807, 2.05) is 17.8 Å². The van der Waals surface area contributed by atoms with Crippen LogP contribution in [0.5, 0.6) is 5.88 Å². The number of hydrogen-bond donors (Lipinski definition) is 1. The highest BCUT2D eigenvalue weighted by Gasteiger charge is 2.02. The normalized spacial score (nSPS) is 10.1. The van der Waals surface area contributed by atoms with Crippen molar-refractivity contribution in [1.82, 2.24) is 15.0 Å². The summed E-state index contributed by atoms with van der Waals surface area (Å²) in [5, 5.41) is 5.17. The highest BCUT2D eigenvalue weighted by atomic mass is 32.1. The van der Waals surface area contributed by atoms with Crippen LogP contribution < -0.4 is 10.1 Å². The lowest BCUT2D eigenvalue weighted by Gasteiger charge is -2.06. The van der Waals surface area contributed by atoms with Crippen molar-refractivity contribution in [2.45, 2.75) is 13.5 Å². The van der Waals surface area contributed by atoms with Gasteiger partial charge in [0.2, 0.25) is 5.88 Å². The number of anilines is 1. The van der Waals surface area contributed by atoms with E-state index in [2.05, 4.69) is 20.3 Å². The minimum Gasteiger partial charge on any atom is -0.481 e. The van der Waals surface area contributed by atoms with Crippen molar-refractivity contribution in [1.29, 1.82) is 0 Å². The molecule has 0 saturated carbocycles. The highest BCUT2D eigenvalue weighted by Crippen LogP contribution is 2.13. The molecule has 5 nitrogen and oxygen atoms in total. The third-order valence-corrected chi connectivity index (χ3v) is 2.59. The van der Waals surface area contributed by atoms with Gasteiger partial charge >= 0.3 is 0 Å². The van der Waals surface area contributed by atoms with E-state index in [-0.39, 0.29) is 0 Å². The summed E-state index contributed by atoms with van der Waals surface area (Å²) >= 11 is 1.58. The van der Waals surface area contributed by atoms with E-state index in [1.54, 1.807) is 24.5 Å². The van der Waals surface area contributed by atoms with Gasteiger partial charge in [-0.05, 0) is 6.92 Å². The van der Waals surface area contributed by atoms with Crippen LogP contribution in [0.1, 0.15) is 11.5 Å². The smallest absolute Gasteiger partial charge is 0.218 e. The number of nitrogens with zero attached hydrogens (tertiary/aromatic N) is 3. The van der Waals surface area contributed by atoms with Gasteiger partial charge in [-0.15, -0.1) is 11.3 Å². The zero-order valence-electron chi connectivity index (χ0n) is 9.10. The Balaban J connectivity index is 2.06. The predicted molar refractivity (Wildman–Crippen MR) is 62.8 cm³/mol. The first kappa shape index (κ1) is 10.8. The molecule has 0 fully saturated rings. The van der Waals surface area contributed by atoms with E-state index in [9.17, 15) is 0 Å². The number of hydrogen-bond acceptors (Lipinski definition) is 6. The van der Waals surface area contributed by atoms with Crippen molar-refractivity contribution in [2.24, 2.45) is 0 Å². The maximum atomic E-state index is 5.07. The summed E-state index contributed by atoms with van der Waals surface area (Å²) in [4.78, 5) is 12.5. The number of ether oxygens (including phenoxy) is 1. The van der Waals surface area contributed by atoms with E-state index in [0.29, 0.717) is 18.2 Å². The Morgan fingerprint density at radius 1 is 1.44 bits per heavy atom. The second-order valence-corrected chi connectivity index (χ2v) is 3.89. The molecule has 0 bridgehead atoms. The first-order valence-electron chi connectivity index (χ1n) is 4.78. The Bertz CT molecular complexity index is 458. The molecule has 2 aromatic rings. The van der Waals surface area contributed by atoms with Crippen LogP contribution in [0.15, 0.2) is 17.0 Å². The van der Waals surface area contributed by atoms with E-state index >= 15 is 0 Å². The number of rotatable bonds is 4. The molecule has 1 N–H and O–H groups in total. The van der Waals surface area contributed by atoms with Crippen molar-refractivity contribution < 1.29 is 4.74 Å². The molecular formula is C10H12N4OS. The maximum absolute atomic E-state index is 5.07. The zero-order chi connectivity index (χ0) is 11.4. The molecule has 0 radical (unpaired) electrons. The van der Waals surface area contributed by atoms with Crippen LogP contribution in [-0.4, -0.2) is 22.1 Å². The Morgan fingerprint density at radius 2 is 2.31 bits per heavy atom. The molecule has 2 rings (SSSR count). The monoisotopic (exact) mass is 236 g/mol. The Hall–Kier alpha value is -1.69. The van der Waals surface area contributed by atoms with Gasteiger partial charge in [-0.1, -0.05) is 0 Å². The summed E-state index contributed by atoms with van der Waals surface area (Å²) in [6.07, 6.45) is 0. The van der Waals surface area contributed by atoms with Crippen LogP contribution in [0, 0.1) is 6.92 Å². The summed E-state index contributed by atoms with van der Waals surface area (Å²) in [5.74, 6) is 1.99. The fourth-order valence-electron chi connectivity index (χ4n) is 1.24. The third-order valence-electron chi connectivity index (χ3n) is 1.96. The highest BCUT2D eigenvalue weighted by molar-refractivity contribution is 7.07. The predicted octanol–water partition coefficient (Wildman–Crippen LogP) is 1.86. The maximum Gasteiger partial charge on any atom is 0.218 e. The minimum absolute atomic E-state index is 0.563. The van der Waals surface area contributed by atoms with Crippen molar-refractivity contribution in [3.8, 4) is 5.88 Å². The van der Waals surface area contributed by atoms with Crippen molar-refractivity contribution >= 4 is 17.2 Å². The van der Waals surface area contributed by atoms with E-state index in [0.717, 1.165) is 11.5 Å². The van der Waals surface area contributed by atoms with Gasteiger partial charge in [0.05, 0.1) is 24.9 Å². The Labute approximate surface area is 97.5 Å². The third kappa shape index (κ3) is 2.66. The second-order valence-electron chi connectivity index (χ2n) is 3.18.